The predicted octanol–water partition coefficient (Wildman–Crippen LogP) is 2.73. The van der Waals surface area contributed by atoms with E-state index in [0.29, 0.717) is 23.2 Å². The monoisotopic (exact) mass is 367 g/mol. The number of carbonyl (C=O) groups excluding carboxylic acids is 2. The lowest BCUT2D eigenvalue weighted by atomic mass is 9.92. The van der Waals surface area contributed by atoms with Crippen LogP contribution in [0.2, 0.25) is 5.02 Å². The van der Waals surface area contributed by atoms with Gasteiger partial charge in [0.25, 0.3) is 0 Å². The van der Waals surface area contributed by atoms with Crippen LogP contribution < -0.4 is 11.1 Å². The minimum absolute atomic E-state index is 0.0161. The first kappa shape index (κ1) is 17.6. The van der Waals surface area contributed by atoms with Crippen molar-refractivity contribution in [3.8, 4) is 0 Å². The van der Waals surface area contributed by atoms with E-state index in [4.69, 9.17) is 17.3 Å². The Hall–Kier alpha value is -1.24. The molecule has 2 aliphatic rings. The Morgan fingerprint density at radius 3 is 3.04 bits per heavy atom. The smallest absolute Gasteiger partial charge is 0.238 e. The number of benzene rings is 1. The van der Waals surface area contributed by atoms with Crippen LogP contribution in [-0.2, 0) is 9.59 Å². The molecule has 130 valence electrons. The molecule has 3 N–H and O–H groups in total. The number of nitrogens with two attached hydrogens (primary N) is 1. The molecule has 1 aromatic rings. The summed E-state index contributed by atoms with van der Waals surface area (Å²) in [4.78, 5) is 27.8. The van der Waals surface area contributed by atoms with Gasteiger partial charge in [0, 0.05) is 35.5 Å². The third kappa shape index (κ3) is 3.71. The number of carbonyl (C=O) groups is 2. The maximum Gasteiger partial charge on any atom is 0.238 e. The minimum Gasteiger partial charge on any atom is -0.338 e. The highest BCUT2D eigenvalue weighted by atomic mass is 35.5. The van der Waals surface area contributed by atoms with Crippen molar-refractivity contribution in [3.05, 3.63) is 23.2 Å². The number of amides is 2. The van der Waals surface area contributed by atoms with Gasteiger partial charge in [0.1, 0.15) is 0 Å². The highest BCUT2D eigenvalue weighted by Gasteiger charge is 2.34. The number of likely N-dealkylation sites (tertiary alicyclic amines) is 1. The molecule has 2 aliphatic heterocycles. The lowest BCUT2D eigenvalue weighted by Crippen LogP contribution is -2.50. The number of anilines is 1. The van der Waals surface area contributed by atoms with Gasteiger partial charge in [0.05, 0.1) is 10.9 Å². The molecule has 24 heavy (non-hydrogen) atoms. The summed E-state index contributed by atoms with van der Waals surface area (Å²) < 4.78 is 0. The van der Waals surface area contributed by atoms with Crippen molar-refractivity contribution in [2.24, 2.45) is 11.7 Å². The van der Waals surface area contributed by atoms with Crippen molar-refractivity contribution in [2.45, 2.75) is 42.4 Å². The SMILES string of the molecule is CC1CCN(C(=O)CC2Sc3ccc(Cl)cc3NC2=O)C(CN)C1. The Labute approximate surface area is 151 Å². The van der Waals surface area contributed by atoms with E-state index in [0.717, 1.165) is 24.3 Å². The summed E-state index contributed by atoms with van der Waals surface area (Å²) in [6.45, 7) is 3.39. The number of rotatable bonds is 3. The van der Waals surface area contributed by atoms with Crippen LogP contribution in [0, 0.1) is 5.92 Å². The largest absolute Gasteiger partial charge is 0.338 e. The summed E-state index contributed by atoms with van der Waals surface area (Å²) in [5, 5.41) is 3.02. The van der Waals surface area contributed by atoms with Crippen LogP contribution >= 0.6 is 23.4 Å². The Balaban J connectivity index is 1.68. The molecule has 0 aromatic heterocycles. The van der Waals surface area contributed by atoms with E-state index in [9.17, 15) is 9.59 Å². The fraction of sp³-hybridized carbons (Fsp3) is 0.529. The standard InChI is InChI=1S/C17H22ClN3O2S/c1-10-4-5-21(12(6-10)9-19)16(22)8-15-17(23)20-13-7-11(18)2-3-14(13)24-15/h2-3,7,10,12,15H,4-6,8-9,19H2,1H3,(H,20,23). The fourth-order valence-electron chi connectivity index (χ4n) is 3.34. The summed E-state index contributed by atoms with van der Waals surface area (Å²) in [5.41, 5.74) is 6.56. The highest BCUT2D eigenvalue weighted by molar-refractivity contribution is 8.01. The number of nitrogens with zero attached hydrogens (tertiary/aromatic N) is 1. The van der Waals surface area contributed by atoms with Gasteiger partial charge in [-0.1, -0.05) is 18.5 Å². The van der Waals surface area contributed by atoms with Gasteiger partial charge in [-0.05, 0) is 37.0 Å². The molecule has 3 atom stereocenters. The van der Waals surface area contributed by atoms with Crippen molar-refractivity contribution in [2.75, 3.05) is 18.4 Å². The molecule has 1 saturated heterocycles. The van der Waals surface area contributed by atoms with E-state index in [2.05, 4.69) is 12.2 Å². The fourth-order valence-corrected chi connectivity index (χ4v) is 4.59. The van der Waals surface area contributed by atoms with Crippen LogP contribution in [0.5, 0.6) is 0 Å². The number of piperidine rings is 1. The lowest BCUT2D eigenvalue weighted by Gasteiger charge is -2.38. The van der Waals surface area contributed by atoms with Crippen LogP contribution in [0.25, 0.3) is 0 Å². The van der Waals surface area contributed by atoms with Gasteiger partial charge < -0.3 is 16.0 Å². The van der Waals surface area contributed by atoms with Gasteiger partial charge in [-0.2, -0.15) is 0 Å². The molecular formula is C17H22ClN3O2S. The van der Waals surface area contributed by atoms with Gasteiger partial charge in [-0.3, -0.25) is 9.59 Å². The van der Waals surface area contributed by atoms with E-state index >= 15 is 0 Å². The second-order valence-electron chi connectivity index (χ2n) is 6.55. The number of nitrogens with one attached hydrogen (secondary N) is 1. The number of thioether (sulfide) groups is 1. The Morgan fingerprint density at radius 1 is 1.50 bits per heavy atom. The number of hydrogen-bond donors (Lipinski definition) is 2. The quantitative estimate of drug-likeness (QED) is 0.861. The third-order valence-corrected chi connectivity index (χ3v) is 6.20. The molecule has 3 rings (SSSR count). The summed E-state index contributed by atoms with van der Waals surface area (Å²) in [6, 6.07) is 5.49. The molecule has 2 heterocycles. The molecule has 5 nitrogen and oxygen atoms in total. The van der Waals surface area contributed by atoms with Crippen molar-refractivity contribution >= 4 is 40.9 Å². The molecule has 0 aliphatic carbocycles. The normalized spacial score (nSPS) is 26.7. The predicted molar refractivity (Wildman–Crippen MR) is 97.3 cm³/mol. The zero-order chi connectivity index (χ0) is 17.3. The zero-order valence-corrected chi connectivity index (χ0v) is 15.2. The van der Waals surface area contributed by atoms with E-state index in [1.54, 1.807) is 12.1 Å². The molecule has 2 amide bonds. The summed E-state index contributed by atoms with van der Waals surface area (Å²) in [6.07, 6.45) is 2.13. The van der Waals surface area contributed by atoms with E-state index in [1.807, 2.05) is 11.0 Å². The average Bonchev–Trinajstić information content (AvgIpc) is 2.55. The summed E-state index contributed by atoms with van der Waals surface area (Å²) in [5.74, 6) is 0.465. The molecule has 0 spiro atoms. The number of halogens is 1. The molecule has 0 saturated carbocycles. The number of hydrogen-bond acceptors (Lipinski definition) is 4. The van der Waals surface area contributed by atoms with E-state index < -0.39 is 5.25 Å². The van der Waals surface area contributed by atoms with Crippen LogP contribution in [0.1, 0.15) is 26.2 Å². The maximum atomic E-state index is 12.7. The third-order valence-electron chi connectivity index (χ3n) is 4.69. The second-order valence-corrected chi connectivity index (χ2v) is 8.23. The first-order valence-corrected chi connectivity index (χ1v) is 9.50. The van der Waals surface area contributed by atoms with Gasteiger partial charge in [0.15, 0.2) is 0 Å². The van der Waals surface area contributed by atoms with Gasteiger partial charge in [0.2, 0.25) is 11.8 Å². The van der Waals surface area contributed by atoms with Gasteiger partial charge in [-0.15, -0.1) is 11.8 Å². The molecule has 1 fully saturated rings. The zero-order valence-electron chi connectivity index (χ0n) is 13.6. The van der Waals surface area contributed by atoms with Crippen LogP contribution in [0.15, 0.2) is 23.1 Å². The van der Waals surface area contributed by atoms with Crippen molar-refractivity contribution in [1.82, 2.24) is 4.90 Å². The van der Waals surface area contributed by atoms with Crippen molar-refractivity contribution in [1.29, 1.82) is 0 Å². The Morgan fingerprint density at radius 2 is 2.29 bits per heavy atom. The van der Waals surface area contributed by atoms with E-state index in [-0.39, 0.29) is 24.3 Å². The van der Waals surface area contributed by atoms with Crippen LogP contribution in [-0.4, -0.2) is 41.1 Å². The first-order valence-electron chi connectivity index (χ1n) is 8.24. The lowest BCUT2D eigenvalue weighted by molar-refractivity contribution is -0.136. The number of fused-ring (bicyclic) bond motifs is 1. The van der Waals surface area contributed by atoms with Crippen LogP contribution in [0.3, 0.4) is 0 Å². The maximum absolute atomic E-state index is 12.7. The topological polar surface area (TPSA) is 75.4 Å². The minimum atomic E-state index is -0.413. The first-order chi connectivity index (χ1) is 11.5. The van der Waals surface area contributed by atoms with Gasteiger partial charge >= 0.3 is 0 Å². The molecule has 1 aromatic carbocycles. The van der Waals surface area contributed by atoms with Crippen molar-refractivity contribution in [3.63, 3.8) is 0 Å². The summed E-state index contributed by atoms with van der Waals surface area (Å²) in [7, 11) is 0. The molecular weight excluding hydrogens is 346 g/mol. The highest BCUT2D eigenvalue weighted by Crippen LogP contribution is 2.38. The van der Waals surface area contributed by atoms with E-state index in [1.165, 1.54) is 11.8 Å². The molecule has 0 bridgehead atoms. The molecule has 7 heteroatoms. The molecule has 0 radical (unpaired) electrons. The molecule has 3 unspecified atom stereocenters. The Bertz CT molecular complexity index is 655. The Kier molecular flexibility index (Phi) is 5.37. The van der Waals surface area contributed by atoms with Crippen molar-refractivity contribution < 1.29 is 9.59 Å². The summed E-state index contributed by atoms with van der Waals surface area (Å²) >= 11 is 7.38. The average molecular weight is 368 g/mol. The second kappa shape index (κ2) is 7.33. The van der Waals surface area contributed by atoms with Crippen LogP contribution in [0.4, 0.5) is 5.69 Å². The van der Waals surface area contributed by atoms with Gasteiger partial charge in [-0.25, -0.2) is 0 Å².